The molecule has 3 amide bonds. The SMILES string of the molecule is CC(=O)N1C=CC(C2CNCC(c3cnc4c(c3)CCCN4C(N)=O)C2C#N)=CC1. The Kier molecular flexibility index (Phi) is 5.55. The molecule has 0 bridgehead atoms. The van der Waals surface area contributed by atoms with Crippen LogP contribution in [-0.4, -0.2) is 48.0 Å². The van der Waals surface area contributed by atoms with Crippen LogP contribution in [0.15, 0.2) is 36.2 Å². The molecule has 1 aromatic heterocycles. The number of fused-ring (bicyclic) bond motifs is 1. The number of hydrogen-bond acceptors (Lipinski definition) is 5. The molecule has 3 atom stereocenters. The van der Waals surface area contributed by atoms with Gasteiger partial charge in [0.2, 0.25) is 5.91 Å². The number of aromatic nitrogens is 1. The van der Waals surface area contributed by atoms with E-state index < -0.39 is 6.03 Å². The number of carbonyl (C=O) groups excluding carboxylic acids is 2. The van der Waals surface area contributed by atoms with E-state index in [1.54, 1.807) is 24.2 Å². The summed E-state index contributed by atoms with van der Waals surface area (Å²) >= 11 is 0. The Balaban J connectivity index is 1.59. The molecule has 0 aliphatic carbocycles. The van der Waals surface area contributed by atoms with Gasteiger partial charge in [-0.1, -0.05) is 12.1 Å². The minimum atomic E-state index is -0.485. The van der Waals surface area contributed by atoms with E-state index in [4.69, 9.17) is 5.73 Å². The molecule has 30 heavy (non-hydrogen) atoms. The second-order valence-corrected chi connectivity index (χ2v) is 8.06. The van der Waals surface area contributed by atoms with E-state index in [0.717, 1.165) is 36.1 Å². The van der Waals surface area contributed by atoms with Crippen LogP contribution in [0.3, 0.4) is 0 Å². The van der Waals surface area contributed by atoms with Crippen molar-refractivity contribution in [2.24, 2.45) is 17.6 Å². The van der Waals surface area contributed by atoms with E-state index in [-0.39, 0.29) is 23.7 Å². The second kappa shape index (κ2) is 8.28. The third kappa shape index (κ3) is 3.68. The van der Waals surface area contributed by atoms with Gasteiger partial charge in [-0.2, -0.15) is 5.26 Å². The highest BCUT2D eigenvalue weighted by Gasteiger charge is 2.37. The molecule has 1 saturated heterocycles. The van der Waals surface area contributed by atoms with E-state index in [9.17, 15) is 14.9 Å². The van der Waals surface area contributed by atoms with Crippen LogP contribution in [0.25, 0.3) is 0 Å². The third-order valence-corrected chi connectivity index (χ3v) is 6.29. The van der Waals surface area contributed by atoms with Gasteiger partial charge in [-0.3, -0.25) is 9.69 Å². The molecule has 0 saturated carbocycles. The lowest BCUT2D eigenvalue weighted by atomic mass is 9.72. The molecule has 3 N–H and O–H groups in total. The Hall–Kier alpha value is -3.18. The molecule has 3 unspecified atom stereocenters. The van der Waals surface area contributed by atoms with Gasteiger partial charge < -0.3 is 16.0 Å². The van der Waals surface area contributed by atoms with Crippen LogP contribution in [0.1, 0.15) is 30.4 Å². The number of amides is 3. The molecular weight excluding hydrogens is 380 g/mol. The first-order chi connectivity index (χ1) is 14.5. The molecule has 8 heteroatoms. The normalized spacial score (nSPS) is 25.9. The fourth-order valence-electron chi connectivity index (χ4n) is 4.68. The largest absolute Gasteiger partial charge is 0.351 e. The van der Waals surface area contributed by atoms with Crippen LogP contribution in [0.4, 0.5) is 10.6 Å². The lowest BCUT2D eigenvalue weighted by Crippen LogP contribution is -2.43. The van der Waals surface area contributed by atoms with Gasteiger partial charge >= 0.3 is 6.03 Å². The number of nitriles is 1. The number of pyridine rings is 1. The maximum atomic E-state index is 11.7. The van der Waals surface area contributed by atoms with Gasteiger partial charge in [0.05, 0.1) is 12.0 Å². The highest BCUT2D eigenvalue weighted by atomic mass is 16.2. The quantitative estimate of drug-likeness (QED) is 0.775. The Labute approximate surface area is 176 Å². The lowest BCUT2D eigenvalue weighted by molar-refractivity contribution is -0.125. The number of urea groups is 1. The van der Waals surface area contributed by atoms with Gasteiger partial charge in [0, 0.05) is 57.3 Å². The Morgan fingerprint density at radius 1 is 1.33 bits per heavy atom. The molecule has 1 fully saturated rings. The van der Waals surface area contributed by atoms with Gasteiger partial charge in [0.1, 0.15) is 5.82 Å². The molecule has 0 aromatic carbocycles. The number of carbonyl (C=O) groups is 2. The summed E-state index contributed by atoms with van der Waals surface area (Å²) in [5.74, 6) is 0.464. The number of hydrogen-bond donors (Lipinski definition) is 2. The van der Waals surface area contributed by atoms with E-state index in [1.165, 1.54) is 4.90 Å². The van der Waals surface area contributed by atoms with Crippen LogP contribution in [0, 0.1) is 23.2 Å². The second-order valence-electron chi connectivity index (χ2n) is 8.06. The maximum Gasteiger partial charge on any atom is 0.320 e. The van der Waals surface area contributed by atoms with E-state index >= 15 is 0 Å². The standard InChI is InChI=1S/C22H26N6O2/c1-14(29)27-7-4-15(5-8-27)19-12-25-13-20(18(19)10-23)17-9-16-3-2-6-28(22(24)30)21(16)26-11-17/h4-5,7,9,11,18-20,25H,2-3,6,8,12-13H2,1H3,(H2,24,30). The van der Waals surface area contributed by atoms with Crippen LogP contribution in [0.5, 0.6) is 0 Å². The van der Waals surface area contributed by atoms with Crippen LogP contribution in [0.2, 0.25) is 0 Å². The van der Waals surface area contributed by atoms with Crippen molar-refractivity contribution < 1.29 is 9.59 Å². The fourth-order valence-corrected chi connectivity index (χ4v) is 4.68. The van der Waals surface area contributed by atoms with Crippen molar-refractivity contribution >= 4 is 17.8 Å². The first-order valence-corrected chi connectivity index (χ1v) is 10.3. The fraction of sp³-hybridized carbons (Fsp3) is 0.455. The summed E-state index contributed by atoms with van der Waals surface area (Å²) < 4.78 is 0. The van der Waals surface area contributed by atoms with Crippen molar-refractivity contribution in [3.8, 4) is 6.07 Å². The predicted octanol–water partition coefficient (Wildman–Crippen LogP) is 1.66. The number of primary amides is 1. The van der Waals surface area contributed by atoms with Gasteiger partial charge in [0.25, 0.3) is 0 Å². The Morgan fingerprint density at radius 3 is 2.80 bits per heavy atom. The molecule has 0 spiro atoms. The first-order valence-electron chi connectivity index (χ1n) is 10.3. The minimum Gasteiger partial charge on any atom is -0.351 e. The number of nitrogens with one attached hydrogen (secondary N) is 1. The van der Waals surface area contributed by atoms with Crippen molar-refractivity contribution in [2.75, 3.05) is 31.1 Å². The highest BCUT2D eigenvalue weighted by Crippen LogP contribution is 2.38. The highest BCUT2D eigenvalue weighted by molar-refractivity contribution is 5.90. The predicted molar refractivity (Wildman–Crippen MR) is 112 cm³/mol. The van der Waals surface area contributed by atoms with Gasteiger partial charge in [0.15, 0.2) is 0 Å². The molecule has 4 heterocycles. The monoisotopic (exact) mass is 406 g/mol. The Morgan fingerprint density at radius 2 is 2.13 bits per heavy atom. The van der Waals surface area contributed by atoms with Crippen LogP contribution < -0.4 is 16.0 Å². The number of allylic oxidation sites excluding steroid dienone is 1. The average Bonchev–Trinajstić information content (AvgIpc) is 2.77. The van der Waals surface area contributed by atoms with Crippen molar-refractivity contribution in [1.29, 1.82) is 5.26 Å². The molecule has 3 aliphatic rings. The summed E-state index contributed by atoms with van der Waals surface area (Å²) in [6.45, 7) is 4.08. The summed E-state index contributed by atoms with van der Waals surface area (Å²) in [5, 5.41) is 13.5. The minimum absolute atomic E-state index is 0.00293. The smallest absolute Gasteiger partial charge is 0.320 e. The summed E-state index contributed by atoms with van der Waals surface area (Å²) in [7, 11) is 0. The zero-order chi connectivity index (χ0) is 21.3. The number of anilines is 1. The maximum absolute atomic E-state index is 11.7. The van der Waals surface area contributed by atoms with Gasteiger partial charge in [-0.15, -0.1) is 0 Å². The number of nitrogens with zero attached hydrogens (tertiary/aromatic N) is 4. The topological polar surface area (TPSA) is 115 Å². The molecule has 8 nitrogen and oxygen atoms in total. The number of nitrogens with two attached hydrogens (primary N) is 1. The summed E-state index contributed by atoms with van der Waals surface area (Å²) in [6, 6.07) is 4.13. The average molecular weight is 406 g/mol. The third-order valence-electron chi connectivity index (χ3n) is 6.29. The van der Waals surface area contributed by atoms with Crippen LogP contribution in [-0.2, 0) is 11.2 Å². The molecule has 3 aliphatic heterocycles. The van der Waals surface area contributed by atoms with Crippen molar-refractivity contribution in [2.45, 2.75) is 25.7 Å². The summed E-state index contributed by atoms with van der Waals surface area (Å²) in [4.78, 5) is 31.0. The zero-order valence-corrected chi connectivity index (χ0v) is 17.0. The first kappa shape index (κ1) is 20.1. The van der Waals surface area contributed by atoms with Crippen LogP contribution >= 0.6 is 0 Å². The van der Waals surface area contributed by atoms with E-state index in [2.05, 4.69) is 22.4 Å². The number of rotatable bonds is 2. The van der Waals surface area contributed by atoms with E-state index in [0.29, 0.717) is 25.5 Å². The number of piperidine rings is 1. The summed E-state index contributed by atoms with van der Waals surface area (Å²) in [5.41, 5.74) is 8.59. The van der Waals surface area contributed by atoms with Crippen molar-refractivity contribution in [3.63, 3.8) is 0 Å². The molecule has 0 radical (unpaired) electrons. The van der Waals surface area contributed by atoms with Gasteiger partial charge in [-0.05, 0) is 35.6 Å². The van der Waals surface area contributed by atoms with Crippen molar-refractivity contribution in [3.05, 3.63) is 47.3 Å². The summed E-state index contributed by atoms with van der Waals surface area (Å²) in [6.07, 6.45) is 9.25. The molecule has 156 valence electrons. The van der Waals surface area contributed by atoms with Gasteiger partial charge in [-0.25, -0.2) is 9.78 Å². The molecule has 1 aromatic rings. The molecule has 4 rings (SSSR count). The number of aryl methyl sites for hydroxylation is 1. The molecular formula is C22H26N6O2. The lowest BCUT2D eigenvalue weighted by Gasteiger charge is -2.37. The van der Waals surface area contributed by atoms with E-state index in [1.807, 2.05) is 12.2 Å². The Bertz CT molecular complexity index is 963. The van der Waals surface area contributed by atoms with Crippen molar-refractivity contribution in [1.82, 2.24) is 15.2 Å². The zero-order valence-electron chi connectivity index (χ0n) is 17.0.